The maximum atomic E-state index is 6.14. The molecule has 0 spiro atoms. The molecule has 3 rings (SSSR count). The largest absolute Gasteiger partial charge is 0.324 e. The number of hydrogen-bond acceptors (Lipinski definition) is 2. The summed E-state index contributed by atoms with van der Waals surface area (Å²) in [5, 5.41) is 0.728. The van der Waals surface area contributed by atoms with Gasteiger partial charge in [0.15, 0.2) is 0 Å². The standard InChI is InChI=1S/C19H22ClN3/c1-14-5-7-15(8-6-14)19-21-17-13-16(20)9-10-18(17)23(19)12-4-11-22(2)3/h5-10,13H,4,11-12H2,1-3H3. The van der Waals surface area contributed by atoms with Gasteiger partial charge < -0.3 is 9.47 Å². The lowest BCUT2D eigenvalue weighted by Gasteiger charge is -2.12. The Balaban J connectivity index is 2.05. The minimum absolute atomic E-state index is 0.728. The summed E-state index contributed by atoms with van der Waals surface area (Å²) in [5.74, 6) is 1.01. The van der Waals surface area contributed by atoms with Crippen LogP contribution in [0.3, 0.4) is 0 Å². The number of aromatic nitrogens is 2. The number of benzene rings is 2. The molecule has 0 radical (unpaired) electrons. The van der Waals surface area contributed by atoms with Gasteiger partial charge in [0.25, 0.3) is 0 Å². The lowest BCUT2D eigenvalue weighted by Crippen LogP contribution is -2.15. The summed E-state index contributed by atoms with van der Waals surface area (Å²) in [6.07, 6.45) is 1.08. The summed E-state index contributed by atoms with van der Waals surface area (Å²) in [6.45, 7) is 4.10. The summed E-state index contributed by atoms with van der Waals surface area (Å²) >= 11 is 6.14. The average molecular weight is 328 g/mol. The van der Waals surface area contributed by atoms with E-state index in [1.165, 1.54) is 5.56 Å². The number of fused-ring (bicyclic) bond motifs is 1. The van der Waals surface area contributed by atoms with Crippen LogP contribution in [0, 0.1) is 6.92 Å². The fourth-order valence-corrected chi connectivity index (χ4v) is 2.96. The van der Waals surface area contributed by atoms with Crippen molar-refractivity contribution in [2.24, 2.45) is 0 Å². The highest BCUT2D eigenvalue weighted by molar-refractivity contribution is 6.31. The van der Waals surface area contributed by atoms with Crippen LogP contribution in [-0.2, 0) is 6.54 Å². The van der Waals surface area contributed by atoms with Gasteiger partial charge in [-0.2, -0.15) is 0 Å². The summed E-state index contributed by atoms with van der Waals surface area (Å²) < 4.78 is 2.31. The Kier molecular flexibility index (Phi) is 4.69. The molecule has 120 valence electrons. The second-order valence-corrected chi connectivity index (χ2v) is 6.68. The maximum absolute atomic E-state index is 6.14. The van der Waals surface area contributed by atoms with Gasteiger partial charge >= 0.3 is 0 Å². The fourth-order valence-electron chi connectivity index (χ4n) is 2.80. The average Bonchev–Trinajstić information content (AvgIpc) is 2.85. The molecule has 0 N–H and O–H groups in total. The maximum Gasteiger partial charge on any atom is 0.141 e. The molecule has 23 heavy (non-hydrogen) atoms. The summed E-state index contributed by atoms with van der Waals surface area (Å²) in [6, 6.07) is 14.5. The van der Waals surface area contributed by atoms with E-state index < -0.39 is 0 Å². The number of nitrogens with zero attached hydrogens (tertiary/aromatic N) is 3. The normalized spacial score (nSPS) is 11.5. The fraction of sp³-hybridized carbons (Fsp3) is 0.316. The Morgan fingerprint density at radius 2 is 1.83 bits per heavy atom. The van der Waals surface area contributed by atoms with Gasteiger partial charge in [-0.15, -0.1) is 0 Å². The lowest BCUT2D eigenvalue weighted by atomic mass is 10.1. The van der Waals surface area contributed by atoms with Gasteiger partial charge in [0.2, 0.25) is 0 Å². The molecule has 0 aliphatic carbocycles. The number of aryl methyl sites for hydroxylation is 2. The van der Waals surface area contributed by atoms with Crippen molar-refractivity contribution < 1.29 is 0 Å². The van der Waals surface area contributed by atoms with E-state index in [0.717, 1.165) is 47.0 Å². The first-order valence-corrected chi connectivity index (χ1v) is 8.30. The van der Waals surface area contributed by atoms with E-state index in [-0.39, 0.29) is 0 Å². The molecular formula is C19H22ClN3. The topological polar surface area (TPSA) is 21.1 Å². The van der Waals surface area contributed by atoms with Gasteiger partial charge in [0, 0.05) is 17.1 Å². The molecule has 0 atom stereocenters. The molecule has 0 bridgehead atoms. The molecule has 0 amide bonds. The van der Waals surface area contributed by atoms with Crippen molar-refractivity contribution in [3.63, 3.8) is 0 Å². The summed E-state index contributed by atoms with van der Waals surface area (Å²) in [5.41, 5.74) is 4.50. The van der Waals surface area contributed by atoms with E-state index >= 15 is 0 Å². The zero-order chi connectivity index (χ0) is 16.4. The van der Waals surface area contributed by atoms with Gasteiger partial charge in [-0.05, 0) is 52.2 Å². The molecule has 1 aromatic heterocycles. The predicted molar refractivity (Wildman–Crippen MR) is 98.1 cm³/mol. The third-order valence-corrected chi connectivity index (χ3v) is 4.24. The van der Waals surface area contributed by atoms with Gasteiger partial charge in [0.1, 0.15) is 5.82 Å². The van der Waals surface area contributed by atoms with E-state index in [2.05, 4.69) is 60.8 Å². The van der Waals surface area contributed by atoms with Crippen LogP contribution in [-0.4, -0.2) is 35.1 Å². The van der Waals surface area contributed by atoms with Crippen molar-refractivity contribution in [3.05, 3.63) is 53.1 Å². The molecule has 2 aromatic carbocycles. The third kappa shape index (κ3) is 3.57. The Morgan fingerprint density at radius 3 is 2.52 bits per heavy atom. The first kappa shape index (κ1) is 16.0. The zero-order valence-corrected chi connectivity index (χ0v) is 14.6. The van der Waals surface area contributed by atoms with Crippen LogP contribution < -0.4 is 0 Å². The Labute approximate surface area is 142 Å². The minimum Gasteiger partial charge on any atom is -0.324 e. The number of halogens is 1. The first-order valence-electron chi connectivity index (χ1n) is 7.92. The van der Waals surface area contributed by atoms with Gasteiger partial charge in [-0.1, -0.05) is 41.4 Å². The van der Waals surface area contributed by atoms with E-state index in [9.17, 15) is 0 Å². The number of rotatable bonds is 5. The third-order valence-electron chi connectivity index (χ3n) is 4.01. The summed E-state index contributed by atoms with van der Waals surface area (Å²) in [7, 11) is 4.21. The monoisotopic (exact) mass is 327 g/mol. The van der Waals surface area contributed by atoms with Crippen LogP contribution in [0.2, 0.25) is 5.02 Å². The molecule has 0 unspecified atom stereocenters. The molecule has 3 nitrogen and oxygen atoms in total. The van der Waals surface area contributed by atoms with Gasteiger partial charge in [-0.25, -0.2) is 4.98 Å². The van der Waals surface area contributed by atoms with Crippen molar-refractivity contribution in [1.29, 1.82) is 0 Å². The van der Waals surface area contributed by atoms with Crippen LogP contribution in [0.25, 0.3) is 22.4 Å². The molecule has 4 heteroatoms. The van der Waals surface area contributed by atoms with E-state index in [0.29, 0.717) is 0 Å². The SMILES string of the molecule is Cc1ccc(-c2nc3cc(Cl)ccc3n2CCCN(C)C)cc1. The van der Waals surface area contributed by atoms with Gasteiger partial charge in [-0.3, -0.25) is 0 Å². The predicted octanol–water partition coefficient (Wildman–Crippen LogP) is 4.62. The molecule has 0 saturated heterocycles. The second kappa shape index (κ2) is 6.73. The first-order chi connectivity index (χ1) is 11.0. The lowest BCUT2D eigenvalue weighted by molar-refractivity contribution is 0.388. The molecule has 0 fully saturated rings. The van der Waals surface area contributed by atoms with Crippen molar-refractivity contribution in [3.8, 4) is 11.4 Å². The number of imidazole rings is 1. The van der Waals surface area contributed by atoms with E-state index in [1.54, 1.807) is 0 Å². The molecule has 1 heterocycles. The van der Waals surface area contributed by atoms with Crippen molar-refractivity contribution >= 4 is 22.6 Å². The number of hydrogen-bond donors (Lipinski definition) is 0. The molecule has 0 aliphatic heterocycles. The van der Waals surface area contributed by atoms with Crippen LogP contribution in [0.5, 0.6) is 0 Å². The zero-order valence-electron chi connectivity index (χ0n) is 13.9. The molecule has 0 aliphatic rings. The Hall–Kier alpha value is -1.84. The summed E-state index contributed by atoms with van der Waals surface area (Å²) in [4.78, 5) is 7.05. The van der Waals surface area contributed by atoms with Crippen LogP contribution in [0.1, 0.15) is 12.0 Å². The molecule has 0 saturated carbocycles. The molecular weight excluding hydrogens is 306 g/mol. The second-order valence-electron chi connectivity index (χ2n) is 6.24. The Morgan fingerprint density at radius 1 is 1.09 bits per heavy atom. The highest BCUT2D eigenvalue weighted by atomic mass is 35.5. The van der Waals surface area contributed by atoms with Crippen LogP contribution in [0.4, 0.5) is 0 Å². The minimum atomic E-state index is 0.728. The highest BCUT2D eigenvalue weighted by Gasteiger charge is 2.12. The quantitative estimate of drug-likeness (QED) is 0.682. The van der Waals surface area contributed by atoms with Crippen molar-refractivity contribution in [2.45, 2.75) is 19.9 Å². The highest BCUT2D eigenvalue weighted by Crippen LogP contribution is 2.27. The van der Waals surface area contributed by atoms with Crippen LogP contribution in [0.15, 0.2) is 42.5 Å². The van der Waals surface area contributed by atoms with E-state index in [4.69, 9.17) is 16.6 Å². The Bertz CT molecular complexity index is 803. The smallest absolute Gasteiger partial charge is 0.141 e. The van der Waals surface area contributed by atoms with Crippen LogP contribution >= 0.6 is 11.6 Å². The van der Waals surface area contributed by atoms with Crippen molar-refractivity contribution in [1.82, 2.24) is 14.5 Å². The van der Waals surface area contributed by atoms with Crippen molar-refractivity contribution in [2.75, 3.05) is 20.6 Å². The van der Waals surface area contributed by atoms with E-state index in [1.807, 2.05) is 12.1 Å². The van der Waals surface area contributed by atoms with Gasteiger partial charge in [0.05, 0.1) is 11.0 Å². The molecule has 3 aromatic rings.